The van der Waals surface area contributed by atoms with Crippen molar-refractivity contribution in [2.24, 2.45) is 5.92 Å². The zero-order chi connectivity index (χ0) is 26.4. The molecule has 0 fully saturated rings. The summed E-state index contributed by atoms with van der Waals surface area (Å²) in [5.41, 5.74) is 3.62. The third-order valence-corrected chi connectivity index (χ3v) is 5.55. The molecule has 1 aromatic carbocycles. The van der Waals surface area contributed by atoms with Crippen LogP contribution >= 0.6 is 0 Å². The highest BCUT2D eigenvalue weighted by Gasteiger charge is 2.24. The first-order valence-electron chi connectivity index (χ1n) is 12.5. The molecule has 0 aliphatic heterocycles. The van der Waals surface area contributed by atoms with Crippen molar-refractivity contribution in [3.05, 3.63) is 60.6 Å². The lowest BCUT2D eigenvalue weighted by atomic mass is 9.99. The van der Waals surface area contributed by atoms with Gasteiger partial charge in [0.15, 0.2) is 5.76 Å². The summed E-state index contributed by atoms with van der Waals surface area (Å²) in [4.78, 5) is 25.2. The van der Waals surface area contributed by atoms with E-state index in [9.17, 15) is 4.79 Å². The average molecular weight is 504 g/mol. The van der Waals surface area contributed by atoms with Crippen LogP contribution in [0.1, 0.15) is 40.2 Å². The van der Waals surface area contributed by atoms with Crippen LogP contribution in [-0.2, 0) is 20.7 Å². The van der Waals surface area contributed by atoms with Gasteiger partial charge in [0.25, 0.3) is 0 Å². The first-order valence-corrected chi connectivity index (χ1v) is 12.5. The number of esters is 1. The maximum atomic E-state index is 11.9. The lowest BCUT2D eigenvalue weighted by Crippen LogP contribution is -2.27. The Bertz CT molecular complexity index is 1330. The molecule has 3 heterocycles. The SMILES string of the molecule is CCc1ccc(-c2c(-c3ccccn3)oc3ncnc(OC[C@H](C)COCC(=O)OC(C)(C)C)c23)cc1. The summed E-state index contributed by atoms with van der Waals surface area (Å²) in [6, 6.07) is 14.0. The smallest absolute Gasteiger partial charge is 0.332 e. The van der Waals surface area contributed by atoms with E-state index < -0.39 is 11.6 Å². The van der Waals surface area contributed by atoms with E-state index in [0.717, 1.165) is 17.5 Å². The number of pyridine rings is 1. The Morgan fingerprint density at radius 1 is 1.03 bits per heavy atom. The summed E-state index contributed by atoms with van der Waals surface area (Å²) < 4.78 is 23.2. The van der Waals surface area contributed by atoms with Gasteiger partial charge in [-0.05, 0) is 50.5 Å². The van der Waals surface area contributed by atoms with Crippen LogP contribution in [0.3, 0.4) is 0 Å². The molecule has 194 valence electrons. The molecule has 3 aromatic heterocycles. The van der Waals surface area contributed by atoms with E-state index in [4.69, 9.17) is 18.6 Å². The molecule has 8 heteroatoms. The molecule has 0 aliphatic carbocycles. The Morgan fingerprint density at radius 2 is 1.81 bits per heavy atom. The fourth-order valence-electron chi connectivity index (χ4n) is 3.86. The summed E-state index contributed by atoms with van der Waals surface area (Å²) in [5.74, 6) is 0.641. The Morgan fingerprint density at radius 3 is 2.49 bits per heavy atom. The van der Waals surface area contributed by atoms with Gasteiger partial charge in [0.05, 0.1) is 13.2 Å². The van der Waals surface area contributed by atoms with E-state index in [-0.39, 0.29) is 12.5 Å². The predicted octanol–water partition coefficient (Wildman–Crippen LogP) is 5.89. The zero-order valence-corrected chi connectivity index (χ0v) is 22.0. The van der Waals surface area contributed by atoms with Crippen LogP contribution < -0.4 is 4.74 Å². The van der Waals surface area contributed by atoms with E-state index >= 15 is 0 Å². The molecule has 0 aliphatic rings. The van der Waals surface area contributed by atoms with Crippen molar-refractivity contribution in [2.45, 2.75) is 46.6 Å². The van der Waals surface area contributed by atoms with Crippen molar-refractivity contribution >= 4 is 17.1 Å². The molecule has 0 spiro atoms. The normalized spacial score (nSPS) is 12.5. The lowest BCUT2D eigenvalue weighted by molar-refractivity contribution is -0.160. The summed E-state index contributed by atoms with van der Waals surface area (Å²) in [6.07, 6.45) is 4.11. The molecule has 4 aromatic rings. The monoisotopic (exact) mass is 503 g/mol. The molecule has 0 saturated heterocycles. The van der Waals surface area contributed by atoms with Crippen molar-refractivity contribution in [1.29, 1.82) is 0 Å². The number of hydrogen-bond donors (Lipinski definition) is 0. The summed E-state index contributed by atoms with van der Waals surface area (Å²) in [5, 5.41) is 0.689. The van der Waals surface area contributed by atoms with Gasteiger partial charge in [-0.3, -0.25) is 4.98 Å². The number of benzene rings is 1. The van der Waals surface area contributed by atoms with Crippen LogP contribution in [-0.4, -0.2) is 46.3 Å². The quantitative estimate of drug-likeness (QED) is 0.247. The Labute approximate surface area is 217 Å². The number of fused-ring (bicyclic) bond motifs is 1. The maximum Gasteiger partial charge on any atom is 0.332 e. The topological polar surface area (TPSA) is 96.6 Å². The number of ether oxygens (including phenoxy) is 3. The Hall–Kier alpha value is -3.78. The second kappa shape index (κ2) is 11.5. The standard InChI is InChI=1S/C29H33N3O5/c1-6-20-10-12-21(13-11-20)24-25-27(35-16-19(2)15-34-17-23(33)37-29(3,4)5)31-18-32-28(25)36-26(24)22-9-7-8-14-30-22/h7-14,18-19H,6,15-17H2,1-5H3/t19-/m1/s1. The fraction of sp³-hybridized carbons (Fsp3) is 0.379. The molecule has 0 radical (unpaired) electrons. The number of carbonyl (C=O) groups excluding carboxylic acids is 1. The van der Waals surface area contributed by atoms with Crippen LogP contribution in [0.15, 0.2) is 59.4 Å². The van der Waals surface area contributed by atoms with Gasteiger partial charge in [-0.15, -0.1) is 0 Å². The molecule has 1 atom stereocenters. The van der Waals surface area contributed by atoms with Gasteiger partial charge < -0.3 is 18.6 Å². The Kier molecular flexibility index (Phi) is 8.18. The second-order valence-corrected chi connectivity index (χ2v) is 9.95. The van der Waals surface area contributed by atoms with Crippen molar-refractivity contribution < 1.29 is 23.4 Å². The number of nitrogens with zero attached hydrogens (tertiary/aromatic N) is 3. The van der Waals surface area contributed by atoms with Gasteiger partial charge in [0, 0.05) is 17.7 Å². The van der Waals surface area contributed by atoms with Crippen molar-refractivity contribution in [3.63, 3.8) is 0 Å². The van der Waals surface area contributed by atoms with Crippen molar-refractivity contribution in [1.82, 2.24) is 15.0 Å². The number of carbonyl (C=O) groups is 1. The minimum atomic E-state index is -0.541. The van der Waals surface area contributed by atoms with E-state index in [1.54, 1.807) is 6.20 Å². The largest absolute Gasteiger partial charge is 0.477 e. The van der Waals surface area contributed by atoms with Gasteiger partial charge in [-0.2, -0.15) is 0 Å². The molecule has 4 rings (SSSR count). The summed E-state index contributed by atoms with van der Waals surface area (Å²) in [6.45, 7) is 10.1. The van der Waals surface area contributed by atoms with Crippen LogP contribution in [0, 0.1) is 5.92 Å². The number of aromatic nitrogens is 3. The van der Waals surface area contributed by atoms with E-state index in [0.29, 0.717) is 41.6 Å². The maximum absolute atomic E-state index is 11.9. The van der Waals surface area contributed by atoms with E-state index in [1.165, 1.54) is 11.9 Å². The molecule has 0 unspecified atom stereocenters. The minimum Gasteiger partial charge on any atom is -0.477 e. The lowest BCUT2D eigenvalue weighted by Gasteiger charge is -2.19. The summed E-state index contributed by atoms with van der Waals surface area (Å²) >= 11 is 0. The summed E-state index contributed by atoms with van der Waals surface area (Å²) in [7, 11) is 0. The van der Waals surface area contributed by atoms with Gasteiger partial charge in [-0.25, -0.2) is 14.8 Å². The molecule has 0 bridgehead atoms. The highest BCUT2D eigenvalue weighted by atomic mass is 16.6. The molecule has 0 amide bonds. The van der Waals surface area contributed by atoms with E-state index in [2.05, 4.69) is 46.1 Å². The molecule has 37 heavy (non-hydrogen) atoms. The van der Waals surface area contributed by atoms with Gasteiger partial charge >= 0.3 is 5.97 Å². The molecule has 0 N–H and O–H groups in total. The van der Waals surface area contributed by atoms with Crippen LogP contribution in [0.4, 0.5) is 0 Å². The van der Waals surface area contributed by atoms with Gasteiger partial charge in [0.1, 0.15) is 29.6 Å². The number of furan rings is 1. The third-order valence-electron chi connectivity index (χ3n) is 5.55. The highest BCUT2D eigenvalue weighted by Crippen LogP contribution is 2.42. The number of hydrogen-bond acceptors (Lipinski definition) is 8. The van der Waals surface area contributed by atoms with Crippen molar-refractivity contribution in [3.8, 4) is 28.5 Å². The van der Waals surface area contributed by atoms with Gasteiger partial charge in [0.2, 0.25) is 11.6 Å². The average Bonchev–Trinajstić information content (AvgIpc) is 3.27. The number of rotatable bonds is 10. The first-order chi connectivity index (χ1) is 17.7. The van der Waals surface area contributed by atoms with Gasteiger partial charge in [-0.1, -0.05) is 44.2 Å². The molecule has 0 saturated carbocycles. The number of aryl methyl sites for hydroxylation is 1. The first kappa shape index (κ1) is 26.3. The van der Waals surface area contributed by atoms with E-state index in [1.807, 2.05) is 45.9 Å². The molecular weight excluding hydrogens is 470 g/mol. The third kappa shape index (κ3) is 6.71. The van der Waals surface area contributed by atoms with Crippen molar-refractivity contribution in [2.75, 3.05) is 19.8 Å². The fourth-order valence-corrected chi connectivity index (χ4v) is 3.86. The predicted molar refractivity (Wildman–Crippen MR) is 141 cm³/mol. The second-order valence-electron chi connectivity index (χ2n) is 9.95. The Balaban J connectivity index is 1.57. The minimum absolute atomic E-state index is 0.00176. The van der Waals surface area contributed by atoms with Crippen LogP contribution in [0.2, 0.25) is 0 Å². The highest BCUT2D eigenvalue weighted by molar-refractivity contribution is 6.02. The molecular formula is C29H33N3O5. The molecule has 8 nitrogen and oxygen atoms in total. The van der Waals surface area contributed by atoms with Crippen LogP contribution in [0.5, 0.6) is 5.88 Å². The van der Waals surface area contributed by atoms with Crippen LogP contribution in [0.25, 0.3) is 33.7 Å². The zero-order valence-electron chi connectivity index (χ0n) is 22.0.